The number of nitrogens with one attached hydrogen (secondary N) is 2. The van der Waals surface area contributed by atoms with E-state index in [0.29, 0.717) is 12.1 Å². The van der Waals surface area contributed by atoms with Crippen molar-refractivity contribution in [3.8, 4) is 0 Å². The standard InChI is InChI=1S/C16H23N3O3/c1-19(2)15(20)11-17-13-7-5-12(6-8-13)16(21)18-10-14-4-3-9-22-14/h5-8,14,17H,3-4,9-11H2,1-2H3,(H,18,21). The van der Waals surface area contributed by atoms with Crippen LogP contribution in [0.5, 0.6) is 0 Å². The van der Waals surface area contributed by atoms with E-state index in [1.165, 1.54) is 4.90 Å². The van der Waals surface area contributed by atoms with Gasteiger partial charge >= 0.3 is 0 Å². The maximum Gasteiger partial charge on any atom is 0.251 e. The maximum atomic E-state index is 12.0. The van der Waals surface area contributed by atoms with Crippen LogP contribution < -0.4 is 10.6 Å². The number of anilines is 1. The first-order valence-electron chi connectivity index (χ1n) is 7.50. The number of ether oxygens (including phenoxy) is 1. The van der Waals surface area contributed by atoms with E-state index in [1.54, 1.807) is 38.4 Å². The highest BCUT2D eigenvalue weighted by atomic mass is 16.5. The third-order valence-corrected chi connectivity index (χ3v) is 3.60. The molecule has 1 aliphatic heterocycles. The second-order valence-corrected chi connectivity index (χ2v) is 5.56. The first kappa shape index (κ1) is 16.3. The molecule has 22 heavy (non-hydrogen) atoms. The van der Waals surface area contributed by atoms with Gasteiger partial charge in [0.25, 0.3) is 5.91 Å². The molecule has 1 aromatic carbocycles. The van der Waals surface area contributed by atoms with Crippen molar-refractivity contribution in [1.29, 1.82) is 0 Å². The number of likely N-dealkylation sites (N-methyl/N-ethyl adjacent to an activating group) is 1. The van der Waals surface area contributed by atoms with E-state index in [2.05, 4.69) is 10.6 Å². The molecule has 0 saturated carbocycles. The van der Waals surface area contributed by atoms with Crippen LogP contribution in [0.15, 0.2) is 24.3 Å². The average Bonchev–Trinajstić information content (AvgIpc) is 3.04. The van der Waals surface area contributed by atoms with E-state index in [-0.39, 0.29) is 24.5 Å². The van der Waals surface area contributed by atoms with Crippen molar-refractivity contribution < 1.29 is 14.3 Å². The van der Waals surface area contributed by atoms with Crippen molar-refractivity contribution in [2.24, 2.45) is 0 Å². The molecule has 2 rings (SSSR count). The third kappa shape index (κ3) is 4.73. The summed E-state index contributed by atoms with van der Waals surface area (Å²) in [7, 11) is 3.43. The minimum atomic E-state index is -0.105. The van der Waals surface area contributed by atoms with Gasteiger partial charge in [-0.15, -0.1) is 0 Å². The molecule has 6 heteroatoms. The fraction of sp³-hybridized carbons (Fsp3) is 0.500. The number of benzene rings is 1. The molecule has 1 aromatic rings. The zero-order valence-corrected chi connectivity index (χ0v) is 13.1. The highest BCUT2D eigenvalue weighted by Gasteiger charge is 2.16. The number of rotatable bonds is 6. The summed E-state index contributed by atoms with van der Waals surface area (Å²) in [5.74, 6) is -0.107. The Morgan fingerprint density at radius 3 is 2.59 bits per heavy atom. The summed E-state index contributed by atoms with van der Waals surface area (Å²) in [5.41, 5.74) is 1.41. The smallest absolute Gasteiger partial charge is 0.251 e. The van der Waals surface area contributed by atoms with Crippen LogP contribution in [0.25, 0.3) is 0 Å². The highest BCUT2D eigenvalue weighted by Crippen LogP contribution is 2.12. The molecule has 0 spiro atoms. The van der Waals surface area contributed by atoms with Gasteiger partial charge in [-0.25, -0.2) is 0 Å². The quantitative estimate of drug-likeness (QED) is 0.825. The second kappa shape index (κ2) is 7.79. The van der Waals surface area contributed by atoms with Crippen molar-refractivity contribution in [1.82, 2.24) is 10.2 Å². The molecule has 2 amide bonds. The van der Waals surface area contributed by atoms with Gasteiger partial charge in [0.15, 0.2) is 0 Å². The van der Waals surface area contributed by atoms with Crippen LogP contribution in [0.4, 0.5) is 5.69 Å². The summed E-state index contributed by atoms with van der Waals surface area (Å²) >= 11 is 0. The molecular weight excluding hydrogens is 282 g/mol. The number of carbonyl (C=O) groups is 2. The predicted molar refractivity (Wildman–Crippen MR) is 84.9 cm³/mol. The molecule has 0 aromatic heterocycles. The van der Waals surface area contributed by atoms with Crippen LogP contribution in [0, 0.1) is 0 Å². The van der Waals surface area contributed by atoms with E-state index >= 15 is 0 Å². The molecule has 1 heterocycles. The Kier molecular flexibility index (Phi) is 5.77. The van der Waals surface area contributed by atoms with Gasteiger partial charge in [-0.2, -0.15) is 0 Å². The largest absolute Gasteiger partial charge is 0.376 e. The van der Waals surface area contributed by atoms with Crippen LogP contribution in [0.3, 0.4) is 0 Å². The summed E-state index contributed by atoms with van der Waals surface area (Å²) in [6, 6.07) is 7.08. The molecule has 1 fully saturated rings. The van der Waals surface area contributed by atoms with Crippen molar-refractivity contribution >= 4 is 17.5 Å². The van der Waals surface area contributed by atoms with Gasteiger partial charge in [0.1, 0.15) is 0 Å². The van der Waals surface area contributed by atoms with Crippen LogP contribution >= 0.6 is 0 Å². The van der Waals surface area contributed by atoms with Gasteiger partial charge in [0.05, 0.1) is 12.6 Å². The lowest BCUT2D eigenvalue weighted by molar-refractivity contribution is -0.126. The van der Waals surface area contributed by atoms with E-state index in [4.69, 9.17) is 4.74 Å². The van der Waals surface area contributed by atoms with Crippen molar-refractivity contribution in [3.63, 3.8) is 0 Å². The molecule has 0 radical (unpaired) electrons. The minimum absolute atomic E-state index is 0.00150. The summed E-state index contributed by atoms with van der Waals surface area (Å²) in [4.78, 5) is 25.0. The fourth-order valence-electron chi connectivity index (χ4n) is 2.19. The molecule has 1 atom stereocenters. The lowest BCUT2D eigenvalue weighted by Gasteiger charge is -2.13. The molecular formula is C16H23N3O3. The molecule has 0 bridgehead atoms. The first-order chi connectivity index (χ1) is 10.6. The number of amides is 2. The molecule has 120 valence electrons. The first-order valence-corrected chi connectivity index (χ1v) is 7.50. The Labute approximate surface area is 130 Å². The summed E-state index contributed by atoms with van der Waals surface area (Å²) in [6.45, 7) is 1.57. The monoisotopic (exact) mass is 305 g/mol. The molecule has 0 aliphatic carbocycles. The Morgan fingerprint density at radius 1 is 1.27 bits per heavy atom. The van der Waals surface area contributed by atoms with Crippen molar-refractivity contribution in [3.05, 3.63) is 29.8 Å². The average molecular weight is 305 g/mol. The Bertz CT molecular complexity index is 508. The zero-order valence-electron chi connectivity index (χ0n) is 13.1. The maximum absolute atomic E-state index is 12.0. The normalized spacial score (nSPS) is 17.1. The predicted octanol–water partition coefficient (Wildman–Crippen LogP) is 1.10. The van der Waals surface area contributed by atoms with Crippen molar-refractivity contribution in [2.45, 2.75) is 18.9 Å². The third-order valence-electron chi connectivity index (χ3n) is 3.60. The number of hydrogen-bond donors (Lipinski definition) is 2. The van der Waals surface area contributed by atoms with Crippen LogP contribution in [0.1, 0.15) is 23.2 Å². The summed E-state index contributed by atoms with van der Waals surface area (Å²) in [6.07, 6.45) is 2.21. The Balaban J connectivity index is 1.80. The molecule has 6 nitrogen and oxygen atoms in total. The number of nitrogens with zero attached hydrogens (tertiary/aromatic N) is 1. The van der Waals surface area contributed by atoms with Crippen LogP contribution in [0.2, 0.25) is 0 Å². The topological polar surface area (TPSA) is 70.7 Å². The molecule has 1 aliphatic rings. The van der Waals surface area contributed by atoms with Crippen LogP contribution in [-0.2, 0) is 9.53 Å². The summed E-state index contributed by atoms with van der Waals surface area (Å²) in [5, 5.41) is 5.91. The lowest BCUT2D eigenvalue weighted by Crippen LogP contribution is -2.31. The minimum Gasteiger partial charge on any atom is -0.376 e. The van der Waals surface area contributed by atoms with Crippen LogP contribution in [-0.4, -0.2) is 56.6 Å². The molecule has 1 saturated heterocycles. The SMILES string of the molecule is CN(C)C(=O)CNc1ccc(C(=O)NCC2CCCO2)cc1. The van der Waals surface area contributed by atoms with Gasteiger partial charge in [-0.3, -0.25) is 9.59 Å². The Morgan fingerprint density at radius 2 is 2.00 bits per heavy atom. The van der Waals surface area contributed by atoms with E-state index in [1.807, 2.05) is 0 Å². The number of hydrogen-bond acceptors (Lipinski definition) is 4. The van der Waals surface area contributed by atoms with E-state index in [0.717, 1.165) is 25.1 Å². The van der Waals surface area contributed by atoms with E-state index in [9.17, 15) is 9.59 Å². The van der Waals surface area contributed by atoms with Gasteiger partial charge < -0.3 is 20.3 Å². The highest BCUT2D eigenvalue weighted by molar-refractivity contribution is 5.94. The lowest BCUT2D eigenvalue weighted by atomic mass is 10.2. The van der Waals surface area contributed by atoms with Gasteiger partial charge in [0, 0.05) is 38.5 Å². The summed E-state index contributed by atoms with van der Waals surface area (Å²) < 4.78 is 5.47. The van der Waals surface area contributed by atoms with Gasteiger partial charge in [-0.1, -0.05) is 0 Å². The zero-order chi connectivity index (χ0) is 15.9. The molecule has 2 N–H and O–H groups in total. The van der Waals surface area contributed by atoms with E-state index < -0.39 is 0 Å². The molecule has 1 unspecified atom stereocenters. The van der Waals surface area contributed by atoms with Gasteiger partial charge in [0.2, 0.25) is 5.91 Å². The Hall–Kier alpha value is -2.08. The number of carbonyl (C=O) groups excluding carboxylic acids is 2. The fourth-order valence-corrected chi connectivity index (χ4v) is 2.19. The van der Waals surface area contributed by atoms with Gasteiger partial charge in [-0.05, 0) is 37.1 Å². The van der Waals surface area contributed by atoms with Crippen molar-refractivity contribution in [2.75, 3.05) is 39.1 Å². The second-order valence-electron chi connectivity index (χ2n) is 5.56.